The molecule has 16 heavy (non-hydrogen) atoms. The zero-order valence-corrected chi connectivity index (χ0v) is 12.0. The number of halogens is 2. The quantitative estimate of drug-likeness (QED) is 0.747. The summed E-state index contributed by atoms with van der Waals surface area (Å²) in [4.78, 5) is 9.78. The smallest absolute Gasteiger partial charge is 0.171 e. The maximum absolute atomic E-state index is 5.99. The number of rotatable bonds is 2. The summed E-state index contributed by atoms with van der Waals surface area (Å²) in [6.07, 6.45) is 0. The van der Waals surface area contributed by atoms with Crippen molar-refractivity contribution in [3.63, 3.8) is 0 Å². The van der Waals surface area contributed by atoms with Crippen LogP contribution in [0.3, 0.4) is 0 Å². The first-order chi connectivity index (χ1) is 7.56. The molecule has 0 N–H and O–H groups in total. The summed E-state index contributed by atoms with van der Waals surface area (Å²) >= 11 is 11.0. The van der Waals surface area contributed by atoms with E-state index < -0.39 is 0 Å². The van der Waals surface area contributed by atoms with Gasteiger partial charge in [-0.25, -0.2) is 9.97 Å². The second kappa shape index (κ2) is 4.82. The third-order valence-corrected chi connectivity index (χ3v) is 3.97. The van der Waals surface area contributed by atoms with Gasteiger partial charge in [-0.3, -0.25) is 0 Å². The molecule has 0 saturated heterocycles. The average molecular weight is 318 g/mol. The summed E-state index contributed by atoms with van der Waals surface area (Å²) < 4.78 is 1.04. The molecule has 0 aromatic carbocycles. The highest BCUT2D eigenvalue weighted by Crippen LogP contribution is 2.29. The molecule has 0 atom stereocenters. The molecule has 0 spiro atoms. The minimum Gasteiger partial charge on any atom is -0.232 e. The maximum Gasteiger partial charge on any atom is 0.171 e. The first kappa shape index (κ1) is 12.0. The van der Waals surface area contributed by atoms with Crippen LogP contribution >= 0.6 is 38.9 Å². The summed E-state index contributed by atoms with van der Waals surface area (Å²) in [5.74, 6) is 1.05. The van der Waals surface area contributed by atoms with E-state index in [1.807, 2.05) is 17.5 Å². The molecule has 2 nitrogen and oxygen atoms in total. The first-order valence-corrected chi connectivity index (χ1v) is 6.90. The Morgan fingerprint density at radius 3 is 2.62 bits per heavy atom. The van der Waals surface area contributed by atoms with Gasteiger partial charge in [0.05, 0.1) is 4.88 Å². The fourth-order valence-corrected chi connectivity index (χ4v) is 2.82. The molecule has 0 aliphatic carbocycles. The van der Waals surface area contributed by atoms with Gasteiger partial charge in [0, 0.05) is 15.5 Å². The van der Waals surface area contributed by atoms with Crippen molar-refractivity contribution in [2.75, 3.05) is 0 Å². The van der Waals surface area contributed by atoms with Crippen LogP contribution < -0.4 is 0 Å². The molecule has 0 amide bonds. The van der Waals surface area contributed by atoms with Crippen molar-refractivity contribution >= 4 is 38.9 Å². The van der Waals surface area contributed by atoms with Crippen LogP contribution in [-0.4, -0.2) is 9.97 Å². The van der Waals surface area contributed by atoms with Crippen LogP contribution in [0.4, 0.5) is 0 Å². The van der Waals surface area contributed by atoms with Gasteiger partial charge in [0.1, 0.15) is 5.15 Å². The number of hydrogen-bond acceptors (Lipinski definition) is 3. The van der Waals surface area contributed by atoms with Crippen LogP contribution in [0.5, 0.6) is 0 Å². The summed E-state index contributed by atoms with van der Waals surface area (Å²) in [7, 11) is 0. The Morgan fingerprint density at radius 1 is 1.31 bits per heavy atom. The number of hydrogen-bond donors (Lipinski definition) is 0. The second-order valence-electron chi connectivity index (χ2n) is 3.72. The van der Waals surface area contributed by atoms with Crippen molar-refractivity contribution in [1.82, 2.24) is 9.97 Å². The molecule has 2 heterocycles. The lowest BCUT2D eigenvalue weighted by Crippen LogP contribution is -1.96. The van der Waals surface area contributed by atoms with Crippen LogP contribution in [-0.2, 0) is 0 Å². The summed E-state index contributed by atoms with van der Waals surface area (Å²) in [5, 5.41) is 2.51. The molecule has 0 aliphatic rings. The van der Waals surface area contributed by atoms with Gasteiger partial charge in [-0.05, 0) is 34.0 Å². The number of nitrogens with zero attached hydrogens (tertiary/aromatic N) is 2. The molecule has 0 aliphatic heterocycles. The molecule has 0 saturated carbocycles. The zero-order chi connectivity index (χ0) is 11.7. The summed E-state index contributed by atoms with van der Waals surface area (Å²) in [5.41, 5.74) is 0.972. The third kappa shape index (κ3) is 2.62. The van der Waals surface area contributed by atoms with Crippen LogP contribution in [0.15, 0.2) is 22.0 Å². The van der Waals surface area contributed by atoms with Gasteiger partial charge in [0.25, 0.3) is 0 Å². The van der Waals surface area contributed by atoms with Gasteiger partial charge in [0.2, 0.25) is 0 Å². The molecule has 84 valence electrons. The van der Waals surface area contributed by atoms with E-state index in [2.05, 4.69) is 39.7 Å². The molecule has 0 radical (unpaired) electrons. The summed E-state index contributed by atoms with van der Waals surface area (Å²) in [6, 6.07) is 3.82. The van der Waals surface area contributed by atoms with Crippen LogP contribution in [0.2, 0.25) is 5.15 Å². The topological polar surface area (TPSA) is 25.8 Å². The normalized spacial score (nSPS) is 11.1. The SMILES string of the molecule is CC(C)c1cc(Cl)nc(-c2cc(Br)cs2)n1. The van der Waals surface area contributed by atoms with E-state index in [-0.39, 0.29) is 0 Å². The van der Waals surface area contributed by atoms with Gasteiger partial charge in [0.15, 0.2) is 5.82 Å². The minimum atomic E-state index is 0.350. The molecule has 0 bridgehead atoms. The Balaban J connectivity index is 2.49. The monoisotopic (exact) mass is 316 g/mol. The zero-order valence-electron chi connectivity index (χ0n) is 8.87. The fourth-order valence-electron chi connectivity index (χ4n) is 1.27. The number of thiophene rings is 1. The highest BCUT2D eigenvalue weighted by molar-refractivity contribution is 9.10. The Kier molecular flexibility index (Phi) is 3.62. The third-order valence-electron chi connectivity index (χ3n) is 2.09. The van der Waals surface area contributed by atoms with Crippen LogP contribution in [0.25, 0.3) is 10.7 Å². The Morgan fingerprint density at radius 2 is 2.06 bits per heavy atom. The van der Waals surface area contributed by atoms with Crippen LogP contribution in [0.1, 0.15) is 25.5 Å². The van der Waals surface area contributed by atoms with Crippen molar-refractivity contribution in [3.05, 3.63) is 32.8 Å². The van der Waals surface area contributed by atoms with Crippen molar-refractivity contribution in [2.45, 2.75) is 19.8 Å². The minimum absolute atomic E-state index is 0.350. The van der Waals surface area contributed by atoms with E-state index in [9.17, 15) is 0 Å². The second-order valence-corrected chi connectivity index (χ2v) is 5.94. The average Bonchev–Trinajstić information content (AvgIpc) is 2.64. The maximum atomic E-state index is 5.99. The first-order valence-electron chi connectivity index (χ1n) is 4.85. The Hall–Kier alpha value is -0.450. The molecular weight excluding hydrogens is 308 g/mol. The van der Waals surface area contributed by atoms with Gasteiger partial charge < -0.3 is 0 Å². The van der Waals surface area contributed by atoms with Gasteiger partial charge in [-0.1, -0.05) is 25.4 Å². The predicted molar refractivity (Wildman–Crippen MR) is 72.1 cm³/mol. The molecule has 2 aromatic heterocycles. The van der Waals surface area contributed by atoms with Crippen molar-refractivity contribution < 1.29 is 0 Å². The van der Waals surface area contributed by atoms with Crippen LogP contribution in [0, 0.1) is 0 Å². The van der Waals surface area contributed by atoms with E-state index in [1.165, 1.54) is 0 Å². The largest absolute Gasteiger partial charge is 0.232 e. The summed E-state index contributed by atoms with van der Waals surface area (Å²) in [6.45, 7) is 4.18. The van der Waals surface area contributed by atoms with E-state index >= 15 is 0 Å². The lowest BCUT2D eigenvalue weighted by Gasteiger charge is -2.06. The Labute approximate surface area is 112 Å². The Bertz CT molecular complexity index is 510. The highest BCUT2D eigenvalue weighted by atomic mass is 79.9. The highest BCUT2D eigenvalue weighted by Gasteiger charge is 2.10. The molecule has 5 heteroatoms. The van der Waals surface area contributed by atoms with E-state index in [0.29, 0.717) is 16.9 Å². The molecule has 2 aromatic rings. The van der Waals surface area contributed by atoms with Gasteiger partial charge in [-0.2, -0.15) is 0 Å². The number of aromatic nitrogens is 2. The lowest BCUT2D eigenvalue weighted by molar-refractivity contribution is 0.817. The van der Waals surface area contributed by atoms with Gasteiger partial charge >= 0.3 is 0 Å². The van der Waals surface area contributed by atoms with Crippen molar-refractivity contribution in [2.24, 2.45) is 0 Å². The fraction of sp³-hybridized carbons (Fsp3) is 0.273. The van der Waals surface area contributed by atoms with Crippen molar-refractivity contribution in [3.8, 4) is 10.7 Å². The van der Waals surface area contributed by atoms with E-state index in [0.717, 1.165) is 15.0 Å². The molecule has 2 rings (SSSR count). The molecule has 0 fully saturated rings. The van der Waals surface area contributed by atoms with Crippen molar-refractivity contribution in [1.29, 1.82) is 0 Å². The molecular formula is C11H10BrClN2S. The molecule has 0 unspecified atom stereocenters. The van der Waals surface area contributed by atoms with E-state index in [1.54, 1.807) is 11.3 Å². The van der Waals surface area contributed by atoms with Gasteiger partial charge in [-0.15, -0.1) is 11.3 Å². The predicted octanol–water partition coefficient (Wildman–Crippen LogP) is 4.74. The standard InChI is InChI=1S/C11H10BrClN2S/c1-6(2)8-4-10(13)15-11(14-8)9-3-7(12)5-16-9/h3-6H,1-2H3. The lowest BCUT2D eigenvalue weighted by atomic mass is 10.1. The van der Waals surface area contributed by atoms with E-state index in [4.69, 9.17) is 11.6 Å².